The Hall–Kier alpha value is -1.88. The Morgan fingerprint density at radius 1 is 0.957 bits per heavy atom. The molecule has 1 fully saturated rings. The van der Waals surface area contributed by atoms with Crippen molar-refractivity contribution >= 4 is 22.7 Å². The van der Waals surface area contributed by atoms with Gasteiger partial charge in [-0.05, 0) is 32.5 Å². The van der Waals surface area contributed by atoms with E-state index in [1.54, 1.807) is 0 Å². The summed E-state index contributed by atoms with van der Waals surface area (Å²) in [7, 11) is 0. The number of hydrogen-bond donors (Lipinski definition) is 0. The molecule has 0 unspecified atom stereocenters. The summed E-state index contributed by atoms with van der Waals surface area (Å²) in [6, 6.07) is 8.34. The number of para-hydroxylation sites is 1. The Balaban J connectivity index is 1.98. The van der Waals surface area contributed by atoms with E-state index in [4.69, 9.17) is 9.97 Å². The van der Waals surface area contributed by atoms with Crippen LogP contribution in [-0.4, -0.2) is 60.7 Å². The number of piperazine rings is 1. The van der Waals surface area contributed by atoms with Crippen LogP contribution in [0.25, 0.3) is 10.9 Å². The highest BCUT2D eigenvalue weighted by Crippen LogP contribution is 2.26. The van der Waals surface area contributed by atoms with Gasteiger partial charge in [0.1, 0.15) is 5.82 Å². The summed E-state index contributed by atoms with van der Waals surface area (Å²) in [5.41, 5.74) is 1.04. The van der Waals surface area contributed by atoms with Crippen molar-refractivity contribution in [2.24, 2.45) is 0 Å². The van der Waals surface area contributed by atoms with Crippen LogP contribution in [-0.2, 0) is 0 Å². The van der Waals surface area contributed by atoms with Gasteiger partial charge in [0.25, 0.3) is 0 Å². The topological polar surface area (TPSA) is 35.5 Å². The van der Waals surface area contributed by atoms with Gasteiger partial charge < -0.3 is 14.7 Å². The zero-order valence-electron chi connectivity index (χ0n) is 14.5. The number of fused-ring (bicyclic) bond motifs is 1. The van der Waals surface area contributed by atoms with Gasteiger partial charge in [-0.1, -0.05) is 19.1 Å². The molecule has 1 aliphatic rings. The van der Waals surface area contributed by atoms with Gasteiger partial charge in [0, 0.05) is 44.7 Å². The highest BCUT2D eigenvalue weighted by molar-refractivity contribution is 5.90. The van der Waals surface area contributed by atoms with Crippen LogP contribution in [0.4, 0.5) is 11.8 Å². The molecule has 0 bridgehead atoms. The Morgan fingerprint density at radius 2 is 1.65 bits per heavy atom. The number of rotatable bonds is 5. The number of benzene rings is 1. The molecular formula is C18H27N5. The Labute approximate surface area is 138 Å². The van der Waals surface area contributed by atoms with E-state index in [1.165, 1.54) is 0 Å². The van der Waals surface area contributed by atoms with E-state index in [9.17, 15) is 0 Å². The van der Waals surface area contributed by atoms with Crippen LogP contribution < -0.4 is 9.80 Å². The molecule has 0 radical (unpaired) electrons. The van der Waals surface area contributed by atoms with Gasteiger partial charge in [0.05, 0.1) is 5.52 Å². The normalized spacial score (nSPS) is 16.0. The van der Waals surface area contributed by atoms with Gasteiger partial charge in [-0.3, -0.25) is 0 Å². The second-order valence-electron chi connectivity index (χ2n) is 5.96. The zero-order chi connectivity index (χ0) is 16.2. The van der Waals surface area contributed by atoms with Crippen molar-refractivity contribution in [3.8, 4) is 0 Å². The lowest BCUT2D eigenvalue weighted by atomic mass is 10.2. The van der Waals surface area contributed by atoms with Gasteiger partial charge >= 0.3 is 0 Å². The Kier molecular flexibility index (Phi) is 4.96. The first-order valence-electron chi connectivity index (χ1n) is 8.75. The molecule has 0 saturated carbocycles. The molecule has 1 saturated heterocycles. The predicted molar refractivity (Wildman–Crippen MR) is 97.4 cm³/mol. The van der Waals surface area contributed by atoms with E-state index in [1.807, 2.05) is 0 Å². The molecule has 5 heteroatoms. The standard InChI is InChI=1S/C18H27N5/c1-4-21-11-13-23(14-12-21)18-19-16-10-8-7-9-15(16)17(20-18)22(5-2)6-3/h7-10H,4-6,11-14H2,1-3H3. The molecule has 1 aliphatic heterocycles. The third kappa shape index (κ3) is 3.24. The number of aromatic nitrogens is 2. The van der Waals surface area contributed by atoms with Gasteiger partial charge in [-0.15, -0.1) is 0 Å². The van der Waals surface area contributed by atoms with Crippen LogP contribution in [0.1, 0.15) is 20.8 Å². The Morgan fingerprint density at radius 3 is 2.30 bits per heavy atom. The molecule has 124 valence electrons. The van der Waals surface area contributed by atoms with Crippen molar-refractivity contribution in [1.82, 2.24) is 14.9 Å². The molecule has 0 atom stereocenters. The fourth-order valence-electron chi connectivity index (χ4n) is 3.22. The molecule has 5 nitrogen and oxygen atoms in total. The van der Waals surface area contributed by atoms with Crippen molar-refractivity contribution in [1.29, 1.82) is 0 Å². The molecule has 3 rings (SSSR count). The summed E-state index contributed by atoms with van der Waals surface area (Å²) in [5.74, 6) is 1.94. The van der Waals surface area contributed by atoms with Crippen molar-refractivity contribution in [3.05, 3.63) is 24.3 Å². The van der Waals surface area contributed by atoms with Crippen molar-refractivity contribution in [2.45, 2.75) is 20.8 Å². The van der Waals surface area contributed by atoms with Crippen LogP contribution in [0.5, 0.6) is 0 Å². The van der Waals surface area contributed by atoms with Crippen molar-refractivity contribution in [2.75, 3.05) is 55.6 Å². The lowest BCUT2D eigenvalue weighted by Crippen LogP contribution is -2.46. The van der Waals surface area contributed by atoms with E-state index in [2.05, 4.69) is 59.7 Å². The molecule has 0 spiro atoms. The van der Waals surface area contributed by atoms with Gasteiger partial charge in [0.15, 0.2) is 0 Å². The highest BCUT2D eigenvalue weighted by atomic mass is 15.3. The van der Waals surface area contributed by atoms with Crippen LogP contribution in [0.2, 0.25) is 0 Å². The molecule has 0 aliphatic carbocycles. The van der Waals surface area contributed by atoms with E-state index < -0.39 is 0 Å². The molecule has 2 heterocycles. The van der Waals surface area contributed by atoms with Crippen molar-refractivity contribution in [3.63, 3.8) is 0 Å². The van der Waals surface area contributed by atoms with Crippen LogP contribution in [0, 0.1) is 0 Å². The second kappa shape index (κ2) is 7.13. The largest absolute Gasteiger partial charge is 0.356 e. The zero-order valence-corrected chi connectivity index (χ0v) is 14.5. The van der Waals surface area contributed by atoms with Crippen LogP contribution >= 0.6 is 0 Å². The van der Waals surface area contributed by atoms with E-state index >= 15 is 0 Å². The number of hydrogen-bond acceptors (Lipinski definition) is 5. The molecule has 1 aromatic heterocycles. The summed E-state index contributed by atoms with van der Waals surface area (Å²) in [5, 5.41) is 1.15. The first kappa shape index (κ1) is 16.0. The van der Waals surface area contributed by atoms with E-state index in [-0.39, 0.29) is 0 Å². The fourth-order valence-corrected chi connectivity index (χ4v) is 3.22. The summed E-state index contributed by atoms with van der Waals surface area (Å²) >= 11 is 0. The summed E-state index contributed by atoms with van der Waals surface area (Å²) < 4.78 is 0. The first-order valence-corrected chi connectivity index (χ1v) is 8.75. The van der Waals surface area contributed by atoms with E-state index in [0.717, 1.165) is 68.5 Å². The van der Waals surface area contributed by atoms with Crippen LogP contribution in [0.3, 0.4) is 0 Å². The monoisotopic (exact) mass is 313 g/mol. The highest BCUT2D eigenvalue weighted by Gasteiger charge is 2.20. The predicted octanol–water partition coefficient (Wildman–Crippen LogP) is 2.62. The molecule has 0 amide bonds. The Bertz CT molecular complexity index is 645. The first-order chi connectivity index (χ1) is 11.3. The minimum absolute atomic E-state index is 0.876. The van der Waals surface area contributed by atoms with E-state index in [0.29, 0.717) is 0 Å². The average Bonchev–Trinajstić information content (AvgIpc) is 2.62. The quantitative estimate of drug-likeness (QED) is 0.848. The average molecular weight is 313 g/mol. The minimum Gasteiger partial charge on any atom is -0.356 e. The van der Waals surface area contributed by atoms with Crippen LogP contribution in [0.15, 0.2) is 24.3 Å². The lowest BCUT2D eigenvalue weighted by Gasteiger charge is -2.34. The third-order valence-electron chi connectivity index (χ3n) is 4.74. The maximum atomic E-state index is 4.94. The molecule has 23 heavy (non-hydrogen) atoms. The maximum Gasteiger partial charge on any atom is 0.227 e. The maximum absolute atomic E-state index is 4.94. The van der Waals surface area contributed by atoms with Gasteiger partial charge in [-0.25, -0.2) is 4.98 Å². The summed E-state index contributed by atoms with van der Waals surface area (Å²) in [6.07, 6.45) is 0. The minimum atomic E-state index is 0.876. The second-order valence-corrected chi connectivity index (χ2v) is 5.96. The number of nitrogens with zero attached hydrogens (tertiary/aromatic N) is 5. The molecular weight excluding hydrogens is 286 g/mol. The fraction of sp³-hybridized carbons (Fsp3) is 0.556. The van der Waals surface area contributed by atoms with Crippen molar-refractivity contribution < 1.29 is 0 Å². The molecule has 0 N–H and O–H groups in total. The lowest BCUT2D eigenvalue weighted by molar-refractivity contribution is 0.270. The third-order valence-corrected chi connectivity index (χ3v) is 4.74. The number of likely N-dealkylation sites (N-methyl/N-ethyl adjacent to an activating group) is 1. The SMILES string of the molecule is CCN1CCN(c2nc(N(CC)CC)c3ccccc3n2)CC1. The summed E-state index contributed by atoms with van der Waals surface area (Å²) in [6.45, 7) is 13.8. The van der Waals surface area contributed by atoms with Gasteiger partial charge in [0.2, 0.25) is 5.95 Å². The smallest absolute Gasteiger partial charge is 0.227 e. The molecule has 2 aromatic rings. The molecule has 1 aromatic carbocycles. The number of anilines is 2. The van der Waals surface area contributed by atoms with Gasteiger partial charge in [-0.2, -0.15) is 4.98 Å². The summed E-state index contributed by atoms with van der Waals surface area (Å²) in [4.78, 5) is 16.9.